The van der Waals surface area contributed by atoms with E-state index in [-0.39, 0.29) is 0 Å². The van der Waals surface area contributed by atoms with Gasteiger partial charge in [0.05, 0.1) is 13.2 Å². The van der Waals surface area contributed by atoms with Crippen molar-refractivity contribution in [3.8, 4) is 5.75 Å². The molecule has 0 saturated carbocycles. The lowest BCUT2D eigenvalue weighted by molar-refractivity contribution is 0.414. The van der Waals surface area contributed by atoms with Crippen LogP contribution >= 0.6 is 0 Å². The number of benzene rings is 2. The monoisotopic (exact) mass is 284 g/mol. The maximum atomic E-state index is 5.69. The van der Waals surface area contributed by atoms with Crippen molar-refractivity contribution in [2.24, 2.45) is 5.73 Å². The van der Waals surface area contributed by atoms with Gasteiger partial charge in [-0.1, -0.05) is 30.3 Å². The number of ether oxygens (including phenoxy) is 1. The SMILES string of the molecule is COc1ccc(N(CCCN)C(C)c2ccccc2)cc1. The highest BCUT2D eigenvalue weighted by Crippen LogP contribution is 2.28. The first-order chi connectivity index (χ1) is 10.3. The summed E-state index contributed by atoms with van der Waals surface area (Å²) in [4.78, 5) is 2.39. The van der Waals surface area contributed by atoms with Crippen molar-refractivity contribution in [2.45, 2.75) is 19.4 Å². The molecule has 2 aromatic carbocycles. The van der Waals surface area contributed by atoms with Crippen molar-refractivity contribution < 1.29 is 4.74 Å². The zero-order chi connectivity index (χ0) is 15.1. The molecule has 0 aliphatic heterocycles. The van der Waals surface area contributed by atoms with Gasteiger partial charge in [0, 0.05) is 12.2 Å². The highest BCUT2D eigenvalue weighted by atomic mass is 16.5. The van der Waals surface area contributed by atoms with Gasteiger partial charge in [0.25, 0.3) is 0 Å². The van der Waals surface area contributed by atoms with Gasteiger partial charge in [0.2, 0.25) is 0 Å². The van der Waals surface area contributed by atoms with E-state index in [1.165, 1.54) is 11.3 Å². The lowest BCUT2D eigenvalue weighted by atomic mass is 10.1. The average molecular weight is 284 g/mol. The number of anilines is 1. The zero-order valence-corrected chi connectivity index (χ0v) is 12.8. The molecule has 3 nitrogen and oxygen atoms in total. The molecule has 0 aromatic heterocycles. The van der Waals surface area contributed by atoms with E-state index in [0.29, 0.717) is 12.6 Å². The Hall–Kier alpha value is -2.00. The van der Waals surface area contributed by atoms with Gasteiger partial charge < -0.3 is 15.4 Å². The molecule has 0 amide bonds. The van der Waals surface area contributed by atoms with Crippen molar-refractivity contribution in [3.63, 3.8) is 0 Å². The molecule has 2 N–H and O–H groups in total. The third kappa shape index (κ3) is 3.99. The Bertz CT molecular complexity index is 525. The molecular weight excluding hydrogens is 260 g/mol. The molecular formula is C18H24N2O. The summed E-state index contributed by atoms with van der Waals surface area (Å²) in [5.41, 5.74) is 8.20. The van der Waals surface area contributed by atoms with Gasteiger partial charge in [-0.2, -0.15) is 0 Å². The van der Waals surface area contributed by atoms with Crippen molar-refractivity contribution in [2.75, 3.05) is 25.1 Å². The Morgan fingerprint density at radius 1 is 1.05 bits per heavy atom. The molecule has 0 aliphatic carbocycles. The minimum atomic E-state index is 0.311. The second-order valence-corrected chi connectivity index (χ2v) is 5.12. The second kappa shape index (κ2) is 7.70. The van der Waals surface area contributed by atoms with Crippen LogP contribution in [-0.2, 0) is 0 Å². The molecule has 21 heavy (non-hydrogen) atoms. The molecule has 112 valence electrons. The fraction of sp³-hybridized carbons (Fsp3) is 0.333. The van der Waals surface area contributed by atoms with Crippen LogP contribution in [0.15, 0.2) is 54.6 Å². The van der Waals surface area contributed by atoms with E-state index in [1.54, 1.807) is 7.11 Å². The maximum Gasteiger partial charge on any atom is 0.119 e. The fourth-order valence-electron chi connectivity index (χ4n) is 2.49. The Morgan fingerprint density at radius 3 is 2.29 bits per heavy atom. The summed E-state index contributed by atoms with van der Waals surface area (Å²) in [6, 6.07) is 19.1. The van der Waals surface area contributed by atoms with E-state index in [9.17, 15) is 0 Å². The van der Waals surface area contributed by atoms with Gasteiger partial charge in [0.15, 0.2) is 0 Å². The molecule has 2 rings (SSSR count). The molecule has 0 heterocycles. The largest absolute Gasteiger partial charge is 0.497 e. The number of hydrogen-bond acceptors (Lipinski definition) is 3. The molecule has 0 saturated heterocycles. The Kier molecular flexibility index (Phi) is 5.64. The summed E-state index contributed by atoms with van der Waals surface area (Å²) in [6.45, 7) is 3.88. The highest BCUT2D eigenvalue weighted by molar-refractivity contribution is 5.51. The molecule has 0 radical (unpaired) electrons. The first kappa shape index (κ1) is 15.4. The fourth-order valence-corrected chi connectivity index (χ4v) is 2.49. The van der Waals surface area contributed by atoms with Crippen LogP contribution in [0.4, 0.5) is 5.69 Å². The van der Waals surface area contributed by atoms with Crippen LogP contribution in [0.5, 0.6) is 5.75 Å². The van der Waals surface area contributed by atoms with Gasteiger partial charge >= 0.3 is 0 Å². The van der Waals surface area contributed by atoms with Crippen LogP contribution in [-0.4, -0.2) is 20.2 Å². The van der Waals surface area contributed by atoms with E-state index in [4.69, 9.17) is 10.5 Å². The van der Waals surface area contributed by atoms with Gasteiger partial charge in [-0.3, -0.25) is 0 Å². The zero-order valence-electron chi connectivity index (χ0n) is 12.8. The lowest BCUT2D eigenvalue weighted by Crippen LogP contribution is -2.29. The minimum Gasteiger partial charge on any atom is -0.497 e. The number of nitrogens with two attached hydrogens (primary N) is 1. The molecule has 0 fully saturated rings. The minimum absolute atomic E-state index is 0.311. The number of methoxy groups -OCH3 is 1. The highest BCUT2D eigenvalue weighted by Gasteiger charge is 2.15. The molecule has 0 bridgehead atoms. The molecule has 2 aromatic rings. The summed E-state index contributed by atoms with van der Waals surface area (Å²) in [6.07, 6.45) is 0.975. The molecule has 1 unspecified atom stereocenters. The van der Waals surface area contributed by atoms with Crippen molar-refractivity contribution in [3.05, 3.63) is 60.2 Å². The van der Waals surface area contributed by atoms with Crippen LogP contribution in [0.1, 0.15) is 24.9 Å². The predicted molar refractivity (Wildman–Crippen MR) is 88.9 cm³/mol. The van der Waals surface area contributed by atoms with Crippen LogP contribution in [0, 0.1) is 0 Å². The van der Waals surface area contributed by atoms with Crippen molar-refractivity contribution in [1.29, 1.82) is 0 Å². The Labute approximate surface area is 127 Å². The van der Waals surface area contributed by atoms with E-state index in [1.807, 2.05) is 18.2 Å². The topological polar surface area (TPSA) is 38.5 Å². The van der Waals surface area contributed by atoms with Crippen LogP contribution < -0.4 is 15.4 Å². The number of hydrogen-bond donors (Lipinski definition) is 1. The summed E-state index contributed by atoms with van der Waals surface area (Å²) in [5.74, 6) is 0.880. The van der Waals surface area contributed by atoms with Crippen LogP contribution in [0.3, 0.4) is 0 Å². The number of rotatable bonds is 7. The molecule has 0 aliphatic rings. The van der Waals surface area contributed by atoms with Gasteiger partial charge in [-0.15, -0.1) is 0 Å². The lowest BCUT2D eigenvalue weighted by Gasteiger charge is -2.32. The van der Waals surface area contributed by atoms with Gasteiger partial charge in [-0.05, 0) is 49.7 Å². The van der Waals surface area contributed by atoms with Gasteiger partial charge in [-0.25, -0.2) is 0 Å². The van der Waals surface area contributed by atoms with E-state index < -0.39 is 0 Å². The quantitative estimate of drug-likeness (QED) is 0.844. The van der Waals surface area contributed by atoms with Crippen LogP contribution in [0.2, 0.25) is 0 Å². The van der Waals surface area contributed by atoms with Crippen molar-refractivity contribution in [1.82, 2.24) is 0 Å². The molecule has 0 spiro atoms. The Balaban J connectivity index is 2.24. The second-order valence-electron chi connectivity index (χ2n) is 5.12. The normalized spacial score (nSPS) is 12.0. The third-order valence-corrected chi connectivity index (χ3v) is 3.76. The first-order valence-corrected chi connectivity index (χ1v) is 7.42. The summed E-state index contributed by atoms with van der Waals surface area (Å²) < 4.78 is 5.24. The number of nitrogens with zero attached hydrogens (tertiary/aromatic N) is 1. The smallest absolute Gasteiger partial charge is 0.119 e. The predicted octanol–water partition coefficient (Wildman–Crippen LogP) is 3.61. The summed E-state index contributed by atoms with van der Waals surface area (Å²) in [5, 5.41) is 0. The summed E-state index contributed by atoms with van der Waals surface area (Å²) >= 11 is 0. The molecule has 3 heteroatoms. The summed E-state index contributed by atoms with van der Waals surface area (Å²) in [7, 11) is 1.69. The molecule has 1 atom stereocenters. The maximum absolute atomic E-state index is 5.69. The van der Waals surface area contributed by atoms with E-state index in [2.05, 4.69) is 48.2 Å². The van der Waals surface area contributed by atoms with Crippen LogP contribution in [0.25, 0.3) is 0 Å². The first-order valence-electron chi connectivity index (χ1n) is 7.42. The van der Waals surface area contributed by atoms with E-state index >= 15 is 0 Å². The average Bonchev–Trinajstić information content (AvgIpc) is 2.56. The third-order valence-electron chi connectivity index (χ3n) is 3.76. The van der Waals surface area contributed by atoms with Gasteiger partial charge in [0.1, 0.15) is 5.75 Å². The van der Waals surface area contributed by atoms with E-state index in [0.717, 1.165) is 18.7 Å². The van der Waals surface area contributed by atoms with Crippen molar-refractivity contribution >= 4 is 5.69 Å². The standard InChI is InChI=1S/C18H24N2O/c1-15(16-7-4-3-5-8-16)20(14-6-13-19)17-9-11-18(21-2)12-10-17/h3-5,7-12,15H,6,13-14,19H2,1-2H3. The Morgan fingerprint density at radius 2 is 1.71 bits per heavy atom.